The number of anilines is 1. The summed E-state index contributed by atoms with van der Waals surface area (Å²) in [6, 6.07) is 1.99. The molecule has 0 amide bonds. The van der Waals surface area contributed by atoms with Crippen molar-refractivity contribution in [2.45, 2.75) is 39.7 Å². The number of rotatable bonds is 5. The molecule has 0 aromatic carbocycles. The normalized spacial score (nSPS) is 14.9. The average molecular weight is 222 g/mol. The summed E-state index contributed by atoms with van der Waals surface area (Å²) in [6.07, 6.45) is 2.76. The minimum Gasteiger partial charge on any atom is -0.362 e. The molecule has 0 aliphatic carbocycles. The highest BCUT2D eigenvalue weighted by molar-refractivity contribution is 5.38. The Balaban J connectivity index is 2.76. The molecule has 4 nitrogen and oxygen atoms in total. The Bertz CT molecular complexity index is 338. The van der Waals surface area contributed by atoms with Crippen LogP contribution in [0.1, 0.15) is 32.8 Å². The van der Waals surface area contributed by atoms with E-state index in [-0.39, 0.29) is 5.54 Å². The standard InChI is InChI=1S/C12H22N4/c1-9(2)6-12(4,8-13)15-11-5-10(3)7-14-16-11/h5,7,9H,6,8,13H2,1-4H3,(H,15,16). The molecule has 3 N–H and O–H groups in total. The van der Waals surface area contributed by atoms with E-state index < -0.39 is 0 Å². The SMILES string of the molecule is Cc1cnnc(NC(C)(CN)CC(C)C)c1. The van der Waals surface area contributed by atoms with Crippen molar-refractivity contribution in [3.05, 3.63) is 17.8 Å². The van der Waals surface area contributed by atoms with Crippen molar-refractivity contribution in [1.82, 2.24) is 10.2 Å². The summed E-state index contributed by atoms with van der Waals surface area (Å²) in [7, 11) is 0. The first kappa shape index (κ1) is 12.9. The van der Waals surface area contributed by atoms with E-state index in [2.05, 4.69) is 36.3 Å². The molecule has 1 aromatic heterocycles. The number of nitrogens with one attached hydrogen (secondary N) is 1. The van der Waals surface area contributed by atoms with Gasteiger partial charge in [0.1, 0.15) is 5.82 Å². The quantitative estimate of drug-likeness (QED) is 0.799. The predicted octanol–water partition coefficient (Wildman–Crippen LogP) is 1.96. The van der Waals surface area contributed by atoms with Crippen LogP contribution < -0.4 is 11.1 Å². The van der Waals surface area contributed by atoms with Gasteiger partial charge in [0, 0.05) is 12.1 Å². The van der Waals surface area contributed by atoms with Crippen LogP contribution in [0.25, 0.3) is 0 Å². The highest BCUT2D eigenvalue weighted by Crippen LogP contribution is 2.20. The fourth-order valence-corrected chi connectivity index (χ4v) is 1.92. The van der Waals surface area contributed by atoms with Crippen molar-refractivity contribution in [2.75, 3.05) is 11.9 Å². The molecule has 0 saturated carbocycles. The molecule has 90 valence electrons. The Kier molecular flexibility index (Phi) is 4.24. The molecule has 1 aromatic rings. The summed E-state index contributed by atoms with van der Waals surface area (Å²) in [4.78, 5) is 0. The fraction of sp³-hybridized carbons (Fsp3) is 0.667. The van der Waals surface area contributed by atoms with E-state index in [0.717, 1.165) is 17.8 Å². The van der Waals surface area contributed by atoms with Gasteiger partial charge in [0.05, 0.1) is 6.20 Å². The molecule has 0 radical (unpaired) electrons. The van der Waals surface area contributed by atoms with Crippen LogP contribution in [0.4, 0.5) is 5.82 Å². The van der Waals surface area contributed by atoms with E-state index in [1.54, 1.807) is 6.20 Å². The van der Waals surface area contributed by atoms with E-state index in [4.69, 9.17) is 5.73 Å². The van der Waals surface area contributed by atoms with E-state index in [1.165, 1.54) is 0 Å². The molecule has 0 bridgehead atoms. The van der Waals surface area contributed by atoms with Crippen LogP contribution in [0.15, 0.2) is 12.3 Å². The second-order valence-electron chi connectivity index (χ2n) is 5.11. The Morgan fingerprint density at radius 3 is 2.69 bits per heavy atom. The highest BCUT2D eigenvalue weighted by atomic mass is 15.2. The van der Waals surface area contributed by atoms with Gasteiger partial charge in [-0.1, -0.05) is 13.8 Å². The largest absolute Gasteiger partial charge is 0.362 e. The first-order valence-corrected chi connectivity index (χ1v) is 5.73. The third-order valence-electron chi connectivity index (χ3n) is 2.53. The topological polar surface area (TPSA) is 63.8 Å². The zero-order valence-electron chi connectivity index (χ0n) is 10.6. The van der Waals surface area contributed by atoms with Crippen LogP contribution in [-0.4, -0.2) is 22.3 Å². The molecule has 4 heteroatoms. The van der Waals surface area contributed by atoms with Gasteiger partial charge in [0.2, 0.25) is 0 Å². The maximum absolute atomic E-state index is 5.83. The lowest BCUT2D eigenvalue weighted by Gasteiger charge is -2.31. The molecule has 0 spiro atoms. The van der Waals surface area contributed by atoms with Gasteiger partial charge in [-0.25, -0.2) is 0 Å². The van der Waals surface area contributed by atoms with Crippen molar-refractivity contribution >= 4 is 5.82 Å². The molecule has 0 aliphatic rings. The molecule has 0 saturated heterocycles. The maximum atomic E-state index is 5.83. The Labute approximate surface area is 97.6 Å². The van der Waals surface area contributed by atoms with Gasteiger partial charge in [0.15, 0.2) is 0 Å². The lowest BCUT2D eigenvalue weighted by molar-refractivity contribution is 0.405. The number of aryl methyl sites for hydroxylation is 1. The Morgan fingerprint density at radius 1 is 1.50 bits per heavy atom. The summed E-state index contributed by atoms with van der Waals surface area (Å²) in [5.41, 5.74) is 6.81. The van der Waals surface area contributed by atoms with Gasteiger partial charge in [-0.2, -0.15) is 5.10 Å². The van der Waals surface area contributed by atoms with Crippen molar-refractivity contribution in [3.63, 3.8) is 0 Å². The average Bonchev–Trinajstić information content (AvgIpc) is 2.16. The van der Waals surface area contributed by atoms with Gasteiger partial charge in [-0.3, -0.25) is 0 Å². The minimum absolute atomic E-state index is 0.114. The lowest BCUT2D eigenvalue weighted by Crippen LogP contribution is -2.43. The Hall–Kier alpha value is -1.16. The van der Waals surface area contributed by atoms with Crippen molar-refractivity contribution in [3.8, 4) is 0 Å². The van der Waals surface area contributed by atoms with Crippen molar-refractivity contribution in [2.24, 2.45) is 11.7 Å². The number of hydrogen-bond acceptors (Lipinski definition) is 4. The second kappa shape index (κ2) is 5.25. The third kappa shape index (κ3) is 3.77. The highest BCUT2D eigenvalue weighted by Gasteiger charge is 2.23. The summed E-state index contributed by atoms with van der Waals surface area (Å²) in [6.45, 7) is 9.09. The molecule has 1 rings (SSSR count). The molecular weight excluding hydrogens is 200 g/mol. The van der Waals surface area contributed by atoms with Gasteiger partial charge < -0.3 is 11.1 Å². The summed E-state index contributed by atoms with van der Waals surface area (Å²) >= 11 is 0. The van der Waals surface area contributed by atoms with Crippen LogP contribution in [-0.2, 0) is 0 Å². The van der Waals surface area contributed by atoms with E-state index in [0.29, 0.717) is 12.5 Å². The molecule has 16 heavy (non-hydrogen) atoms. The molecule has 0 fully saturated rings. The summed E-state index contributed by atoms with van der Waals surface area (Å²) in [5.74, 6) is 1.40. The van der Waals surface area contributed by atoms with E-state index >= 15 is 0 Å². The van der Waals surface area contributed by atoms with Crippen molar-refractivity contribution in [1.29, 1.82) is 0 Å². The Morgan fingerprint density at radius 2 is 2.19 bits per heavy atom. The predicted molar refractivity (Wildman–Crippen MR) is 67.3 cm³/mol. The second-order valence-corrected chi connectivity index (χ2v) is 5.11. The van der Waals surface area contributed by atoms with Crippen LogP contribution in [0.3, 0.4) is 0 Å². The van der Waals surface area contributed by atoms with Gasteiger partial charge in [0.25, 0.3) is 0 Å². The van der Waals surface area contributed by atoms with Crippen LogP contribution in [0.2, 0.25) is 0 Å². The molecule has 1 unspecified atom stereocenters. The maximum Gasteiger partial charge on any atom is 0.149 e. The van der Waals surface area contributed by atoms with Crippen LogP contribution >= 0.6 is 0 Å². The fourth-order valence-electron chi connectivity index (χ4n) is 1.92. The zero-order chi connectivity index (χ0) is 12.2. The van der Waals surface area contributed by atoms with E-state index in [1.807, 2.05) is 13.0 Å². The molecule has 0 aliphatic heterocycles. The van der Waals surface area contributed by atoms with Crippen LogP contribution in [0, 0.1) is 12.8 Å². The number of aromatic nitrogens is 2. The monoisotopic (exact) mass is 222 g/mol. The lowest BCUT2D eigenvalue weighted by atomic mass is 9.91. The molecule has 1 heterocycles. The van der Waals surface area contributed by atoms with Gasteiger partial charge in [-0.05, 0) is 37.8 Å². The summed E-state index contributed by atoms with van der Waals surface area (Å²) < 4.78 is 0. The van der Waals surface area contributed by atoms with Gasteiger partial charge >= 0.3 is 0 Å². The number of hydrogen-bond donors (Lipinski definition) is 2. The minimum atomic E-state index is -0.114. The van der Waals surface area contributed by atoms with Gasteiger partial charge in [-0.15, -0.1) is 5.10 Å². The van der Waals surface area contributed by atoms with Crippen LogP contribution in [0.5, 0.6) is 0 Å². The number of nitrogens with two attached hydrogens (primary N) is 1. The van der Waals surface area contributed by atoms with Crippen molar-refractivity contribution < 1.29 is 0 Å². The smallest absolute Gasteiger partial charge is 0.149 e. The zero-order valence-corrected chi connectivity index (χ0v) is 10.6. The van der Waals surface area contributed by atoms with E-state index in [9.17, 15) is 0 Å². The summed E-state index contributed by atoms with van der Waals surface area (Å²) in [5, 5.41) is 11.4. The number of nitrogens with zero attached hydrogens (tertiary/aromatic N) is 2. The third-order valence-corrected chi connectivity index (χ3v) is 2.53. The first-order valence-electron chi connectivity index (χ1n) is 5.73. The first-order chi connectivity index (χ1) is 7.45. The molecule has 1 atom stereocenters. The molecular formula is C12H22N4.